The molecule has 10 heteroatoms. The molecular weight excluding hydrogens is 905 g/mol. The van der Waals surface area contributed by atoms with Crippen LogP contribution in [-0.4, -0.2) is 81.9 Å². The Kier molecular flexibility index (Phi) is 12.8. The van der Waals surface area contributed by atoms with E-state index >= 15 is 0 Å². The van der Waals surface area contributed by atoms with Gasteiger partial charge in [-0.1, -0.05) is 0 Å². The molecule has 0 radical (unpaired) electrons. The second-order valence-electron chi connectivity index (χ2n) is 18.6. The van der Waals surface area contributed by atoms with Crippen LogP contribution < -0.4 is 42.4 Å². The maximum absolute atomic E-state index is 14.8. The number of likely N-dealkylation sites (tertiary alicyclic amines) is 2. The summed E-state index contributed by atoms with van der Waals surface area (Å²) < 4.78 is 24.8. The minimum absolute atomic E-state index is 0.0280. The van der Waals surface area contributed by atoms with E-state index in [0.29, 0.717) is 48.0 Å². The summed E-state index contributed by atoms with van der Waals surface area (Å²) in [6.07, 6.45) is 18.6. The molecule has 12 unspecified atom stereocenters. The number of halogens is 3. The average molecular weight is 969 g/mol. The summed E-state index contributed by atoms with van der Waals surface area (Å²) in [4.78, 5) is 32.2. The van der Waals surface area contributed by atoms with Gasteiger partial charge < -0.3 is 0 Å². The molecule has 0 spiro atoms. The van der Waals surface area contributed by atoms with Gasteiger partial charge >= 0.3 is 347 Å². The fourth-order valence-electron chi connectivity index (χ4n) is 12.2. The summed E-state index contributed by atoms with van der Waals surface area (Å²) in [7, 11) is 1.68. The van der Waals surface area contributed by atoms with Crippen molar-refractivity contribution in [2.75, 3.05) is 29.1 Å². The number of rotatable bonds is 5. The molecule has 4 aliphatic heterocycles. The number of allylic oxidation sites excluding steroid dienone is 1. The van der Waals surface area contributed by atoms with Crippen molar-refractivity contribution in [1.29, 1.82) is 10.5 Å². The summed E-state index contributed by atoms with van der Waals surface area (Å²) in [5.74, 6) is 4.52. The Bertz CT molecular complexity index is 1560. The number of piperidine rings is 2. The van der Waals surface area contributed by atoms with E-state index in [9.17, 15) is 24.5 Å². The number of carbonyl (C=O) groups is 2. The molecule has 0 aromatic carbocycles. The number of nitriles is 2. The van der Waals surface area contributed by atoms with E-state index in [1.165, 1.54) is 86.6 Å². The third kappa shape index (κ3) is 8.47. The van der Waals surface area contributed by atoms with Gasteiger partial charge in [0.15, 0.2) is 0 Å². The molecular formula is C44H63FI2N4O3-2. The number of amides is 2. The zero-order chi connectivity index (χ0) is 38.4. The number of ether oxygens (including phenoxy) is 1. The first-order valence-electron chi connectivity index (χ1n) is 21.1. The molecule has 0 aromatic heterocycles. The second-order valence-corrected chi connectivity index (χ2v) is 25.5. The Morgan fingerprint density at radius 2 is 1.48 bits per heavy atom. The zero-order valence-electron chi connectivity index (χ0n) is 33.3. The SMILES string of the molecule is COC1(/C=C(\C#N)C(=O)N2CCC3CCC4C(CC3C2C)[I-]C2CCCCCC(C2)C2C4C[I-]CC3CCN(C(=O)/C(C#N)=C\C(C)(C)F)C(C)C32)CC1. The van der Waals surface area contributed by atoms with Crippen molar-refractivity contribution in [2.45, 2.75) is 142 Å². The first-order chi connectivity index (χ1) is 25.9. The third-order valence-electron chi connectivity index (χ3n) is 15.0. The minimum atomic E-state index is -1.72. The predicted molar refractivity (Wildman–Crippen MR) is 200 cm³/mol. The summed E-state index contributed by atoms with van der Waals surface area (Å²) in [5.41, 5.74) is -1.95. The van der Waals surface area contributed by atoms with E-state index in [1.54, 1.807) is 7.11 Å². The first-order valence-corrected chi connectivity index (χ1v) is 26.7. The maximum atomic E-state index is 14.8. The van der Waals surface area contributed by atoms with Crippen molar-refractivity contribution in [2.24, 2.45) is 47.3 Å². The molecule has 7 nitrogen and oxygen atoms in total. The van der Waals surface area contributed by atoms with Crippen LogP contribution in [0.15, 0.2) is 23.3 Å². The molecule has 3 aliphatic carbocycles. The molecule has 54 heavy (non-hydrogen) atoms. The van der Waals surface area contributed by atoms with Gasteiger partial charge in [0.25, 0.3) is 0 Å². The first kappa shape index (κ1) is 40.9. The second kappa shape index (κ2) is 16.9. The topological polar surface area (TPSA) is 97.4 Å². The quantitative estimate of drug-likeness (QED) is 0.180. The Labute approximate surface area is 345 Å². The number of hydrogen-bond donors (Lipinski definition) is 0. The molecule has 12 atom stereocenters. The van der Waals surface area contributed by atoms with E-state index in [4.69, 9.17) is 4.74 Å². The number of methoxy groups -OCH3 is 1. The van der Waals surface area contributed by atoms with Gasteiger partial charge in [-0.3, -0.25) is 0 Å². The van der Waals surface area contributed by atoms with Crippen LogP contribution in [-0.2, 0) is 14.3 Å². The van der Waals surface area contributed by atoms with Gasteiger partial charge in [-0.05, 0) is 0 Å². The van der Waals surface area contributed by atoms with Gasteiger partial charge in [-0.25, -0.2) is 0 Å². The van der Waals surface area contributed by atoms with E-state index < -0.39 is 11.3 Å². The molecule has 4 heterocycles. The number of carbonyl (C=O) groups excluding carboxylic acids is 2. The van der Waals surface area contributed by atoms with Crippen molar-refractivity contribution in [1.82, 2.24) is 9.80 Å². The van der Waals surface area contributed by atoms with Gasteiger partial charge in [-0.15, -0.1) is 0 Å². The summed E-state index contributed by atoms with van der Waals surface area (Å²) in [6.45, 7) is 8.80. The van der Waals surface area contributed by atoms with Gasteiger partial charge in [-0.2, -0.15) is 0 Å². The molecule has 2 amide bonds. The molecule has 2 bridgehead atoms. The van der Waals surface area contributed by atoms with Crippen molar-refractivity contribution in [3.8, 4) is 12.1 Å². The van der Waals surface area contributed by atoms with E-state index in [2.05, 4.69) is 30.9 Å². The average Bonchev–Trinajstić information content (AvgIpc) is 3.95. The van der Waals surface area contributed by atoms with Crippen LogP contribution in [0.25, 0.3) is 0 Å². The predicted octanol–water partition coefficient (Wildman–Crippen LogP) is 1.47. The number of fused-ring (bicyclic) bond motifs is 9. The Hall–Kier alpha value is -1.25. The molecule has 3 saturated carbocycles. The summed E-state index contributed by atoms with van der Waals surface area (Å²) >= 11 is 0.0223. The van der Waals surface area contributed by atoms with Crippen LogP contribution in [0.4, 0.5) is 4.39 Å². The van der Waals surface area contributed by atoms with Gasteiger partial charge in [0.05, 0.1) is 0 Å². The van der Waals surface area contributed by atoms with E-state index in [1.807, 2.05) is 11.0 Å². The standard InChI is InChI=1S/C44H63FI2N4O3/c1-27-36-20-38-35(12-11-29(36)13-17-50(27)42(53)33(26-49)22-44(54-5)15-16-44)37-24-46-23-31-14-18-51(41(52)32(25-48)21-43(3,4)45)28(2)39(31)40(37)30-9-7-6-8-10-34(19-30)47-38/h21-22,27-31,34-40H,6-20,23-24H2,1-5H3/q-2/b32-21-,33-22+. The monoisotopic (exact) mass is 968 g/mol. The molecule has 4 saturated heterocycles. The van der Waals surface area contributed by atoms with Crippen molar-refractivity contribution in [3.05, 3.63) is 23.3 Å². The van der Waals surface area contributed by atoms with Gasteiger partial charge in [0.2, 0.25) is 0 Å². The molecule has 7 fully saturated rings. The summed E-state index contributed by atoms with van der Waals surface area (Å²) in [6, 6.07) is 4.51. The van der Waals surface area contributed by atoms with E-state index in [-0.39, 0.29) is 77.5 Å². The number of alkyl halides is 5. The van der Waals surface area contributed by atoms with Gasteiger partial charge in [0.1, 0.15) is 0 Å². The van der Waals surface area contributed by atoms with Crippen LogP contribution in [0.2, 0.25) is 0 Å². The van der Waals surface area contributed by atoms with Crippen LogP contribution >= 0.6 is 0 Å². The summed E-state index contributed by atoms with van der Waals surface area (Å²) in [5, 5.41) is 20.1. The fourth-order valence-corrected chi connectivity index (χ4v) is 21.7. The van der Waals surface area contributed by atoms with Crippen molar-refractivity contribution < 1.29 is 61.1 Å². The molecule has 0 N–H and O–H groups in total. The van der Waals surface area contributed by atoms with E-state index in [0.717, 1.165) is 46.0 Å². The Morgan fingerprint density at radius 1 is 0.796 bits per heavy atom. The molecule has 0 aromatic rings. The normalized spacial score (nSPS) is 40.1. The molecule has 7 aliphatic rings. The number of nitrogens with zero attached hydrogens (tertiary/aromatic N) is 4. The van der Waals surface area contributed by atoms with Crippen molar-refractivity contribution in [3.63, 3.8) is 0 Å². The zero-order valence-corrected chi connectivity index (χ0v) is 37.6. The van der Waals surface area contributed by atoms with Crippen LogP contribution in [0.1, 0.15) is 111 Å². The van der Waals surface area contributed by atoms with Crippen LogP contribution in [0.3, 0.4) is 0 Å². The van der Waals surface area contributed by atoms with Crippen LogP contribution in [0.5, 0.6) is 0 Å². The molecule has 300 valence electrons. The Balaban J connectivity index is 1.19. The van der Waals surface area contributed by atoms with Gasteiger partial charge in [0, 0.05) is 0 Å². The Morgan fingerprint density at radius 3 is 2.17 bits per heavy atom. The number of hydrogen-bond acceptors (Lipinski definition) is 5. The fraction of sp³-hybridized carbons (Fsp3) is 0.818. The molecule has 7 rings (SSSR count). The van der Waals surface area contributed by atoms with Crippen LogP contribution in [0, 0.1) is 70.0 Å². The van der Waals surface area contributed by atoms with Crippen molar-refractivity contribution >= 4 is 11.8 Å². The third-order valence-corrected chi connectivity index (χ3v) is 22.9.